The van der Waals surface area contributed by atoms with Crippen LogP contribution in [0.3, 0.4) is 0 Å². The maximum atomic E-state index is 12.9. The van der Waals surface area contributed by atoms with Crippen molar-refractivity contribution >= 4 is 11.6 Å². The van der Waals surface area contributed by atoms with Gasteiger partial charge < -0.3 is 5.32 Å². The third kappa shape index (κ3) is 4.93. The van der Waals surface area contributed by atoms with Gasteiger partial charge in [0, 0.05) is 18.7 Å². The van der Waals surface area contributed by atoms with Crippen molar-refractivity contribution in [1.82, 2.24) is 4.90 Å². The van der Waals surface area contributed by atoms with Crippen molar-refractivity contribution in [2.75, 3.05) is 25.0 Å². The lowest BCUT2D eigenvalue weighted by molar-refractivity contribution is -0.117. The summed E-state index contributed by atoms with van der Waals surface area (Å²) in [5, 5.41) is 11.1. The molecule has 5 heteroatoms. The highest BCUT2D eigenvalue weighted by atomic mass is 19.1. The topological polar surface area (TPSA) is 56.1 Å². The van der Waals surface area contributed by atoms with Crippen LogP contribution in [0.2, 0.25) is 0 Å². The summed E-state index contributed by atoms with van der Waals surface area (Å²) in [4.78, 5) is 13.6. The molecule has 0 aliphatic carbocycles. The Kier molecular flexibility index (Phi) is 5.81. The summed E-state index contributed by atoms with van der Waals surface area (Å²) in [6, 6.07) is 7.80. The molecule has 0 fully saturated rings. The first kappa shape index (κ1) is 14.1. The number of carbonyl (C=O) groups excluding carboxylic acids is 1. The Morgan fingerprint density at radius 3 is 2.94 bits per heavy atom. The number of rotatable bonds is 6. The Bertz CT molecular complexity index is 442. The minimum absolute atomic E-state index is 0.203. The first-order valence-corrected chi connectivity index (χ1v) is 5.80. The molecule has 1 aromatic carbocycles. The lowest BCUT2D eigenvalue weighted by atomic mass is 10.3. The van der Waals surface area contributed by atoms with Crippen molar-refractivity contribution in [2.24, 2.45) is 0 Å². The molecule has 0 aliphatic rings. The normalized spacial score (nSPS) is 10.1. The number of halogens is 1. The van der Waals surface area contributed by atoms with Gasteiger partial charge in [0.1, 0.15) is 5.82 Å². The van der Waals surface area contributed by atoms with Crippen molar-refractivity contribution in [1.29, 1.82) is 5.26 Å². The van der Waals surface area contributed by atoms with E-state index in [-0.39, 0.29) is 18.3 Å². The van der Waals surface area contributed by atoms with Crippen LogP contribution in [0.4, 0.5) is 10.1 Å². The van der Waals surface area contributed by atoms with E-state index in [0.29, 0.717) is 25.2 Å². The largest absolute Gasteiger partial charge is 0.325 e. The first-order chi connectivity index (χ1) is 8.65. The predicted molar refractivity (Wildman–Crippen MR) is 67.4 cm³/mol. The molecule has 0 bridgehead atoms. The van der Waals surface area contributed by atoms with E-state index < -0.39 is 0 Å². The van der Waals surface area contributed by atoms with Gasteiger partial charge in [0.2, 0.25) is 5.91 Å². The van der Waals surface area contributed by atoms with Gasteiger partial charge in [0.05, 0.1) is 12.6 Å². The van der Waals surface area contributed by atoms with Gasteiger partial charge in [-0.25, -0.2) is 4.39 Å². The Hall–Kier alpha value is -1.93. The number of hydrogen-bond donors (Lipinski definition) is 1. The van der Waals surface area contributed by atoms with Crippen LogP contribution in [0.25, 0.3) is 0 Å². The third-order valence-electron chi connectivity index (χ3n) is 2.46. The zero-order valence-corrected chi connectivity index (χ0v) is 10.3. The number of benzene rings is 1. The molecule has 0 heterocycles. The van der Waals surface area contributed by atoms with E-state index in [9.17, 15) is 9.18 Å². The standard InChI is InChI=1S/C13H16FN3O/c1-2-17(8-4-7-15)10-13(18)16-12-6-3-5-11(14)9-12/h3,5-6,9H,2,4,8,10H2,1H3,(H,16,18). The zero-order chi connectivity index (χ0) is 13.4. The summed E-state index contributed by atoms with van der Waals surface area (Å²) in [6.45, 7) is 3.38. The van der Waals surface area contributed by atoms with Crippen molar-refractivity contribution in [3.05, 3.63) is 30.1 Å². The van der Waals surface area contributed by atoms with E-state index in [1.54, 1.807) is 6.07 Å². The molecule has 4 nitrogen and oxygen atoms in total. The second-order valence-electron chi connectivity index (χ2n) is 3.84. The number of hydrogen-bond acceptors (Lipinski definition) is 3. The Labute approximate surface area is 106 Å². The fourth-order valence-corrected chi connectivity index (χ4v) is 1.53. The highest BCUT2D eigenvalue weighted by Crippen LogP contribution is 2.08. The Balaban J connectivity index is 2.48. The number of nitrogens with zero attached hydrogens (tertiary/aromatic N) is 2. The van der Waals surface area contributed by atoms with Crippen LogP contribution >= 0.6 is 0 Å². The fourth-order valence-electron chi connectivity index (χ4n) is 1.53. The van der Waals surface area contributed by atoms with Gasteiger partial charge in [-0.3, -0.25) is 9.69 Å². The van der Waals surface area contributed by atoms with Gasteiger partial charge in [0.25, 0.3) is 0 Å². The third-order valence-corrected chi connectivity index (χ3v) is 2.46. The minimum Gasteiger partial charge on any atom is -0.325 e. The summed E-state index contributed by atoms with van der Waals surface area (Å²) in [5.74, 6) is -0.593. The Morgan fingerprint density at radius 2 is 2.33 bits per heavy atom. The minimum atomic E-state index is -0.385. The van der Waals surface area contributed by atoms with E-state index in [1.807, 2.05) is 17.9 Å². The Morgan fingerprint density at radius 1 is 1.56 bits per heavy atom. The second kappa shape index (κ2) is 7.41. The van der Waals surface area contributed by atoms with E-state index in [0.717, 1.165) is 0 Å². The lowest BCUT2D eigenvalue weighted by Gasteiger charge is -2.18. The predicted octanol–water partition coefficient (Wildman–Crippen LogP) is 2.00. The number of nitriles is 1. The monoisotopic (exact) mass is 249 g/mol. The molecule has 18 heavy (non-hydrogen) atoms. The van der Waals surface area contributed by atoms with E-state index in [1.165, 1.54) is 18.2 Å². The highest BCUT2D eigenvalue weighted by Gasteiger charge is 2.09. The van der Waals surface area contributed by atoms with Crippen molar-refractivity contribution < 1.29 is 9.18 Å². The summed E-state index contributed by atoms with van der Waals surface area (Å²) in [5.41, 5.74) is 0.441. The maximum absolute atomic E-state index is 12.9. The molecule has 0 saturated carbocycles. The second-order valence-corrected chi connectivity index (χ2v) is 3.84. The average Bonchev–Trinajstić information content (AvgIpc) is 2.34. The smallest absolute Gasteiger partial charge is 0.238 e. The van der Waals surface area contributed by atoms with Crippen LogP contribution in [-0.2, 0) is 4.79 Å². The number of amides is 1. The quantitative estimate of drug-likeness (QED) is 0.839. The molecule has 1 amide bonds. The summed E-state index contributed by atoms with van der Waals surface area (Å²) in [6.07, 6.45) is 0.390. The summed E-state index contributed by atoms with van der Waals surface area (Å²) < 4.78 is 12.9. The molecule has 0 unspecified atom stereocenters. The number of anilines is 1. The van der Waals surface area contributed by atoms with E-state index in [4.69, 9.17) is 5.26 Å². The van der Waals surface area contributed by atoms with Crippen LogP contribution in [0, 0.1) is 17.1 Å². The zero-order valence-electron chi connectivity index (χ0n) is 10.3. The van der Waals surface area contributed by atoms with Crippen molar-refractivity contribution in [3.8, 4) is 6.07 Å². The molecule has 1 N–H and O–H groups in total. The molecular weight excluding hydrogens is 233 g/mol. The van der Waals surface area contributed by atoms with Crippen LogP contribution < -0.4 is 5.32 Å². The van der Waals surface area contributed by atoms with Crippen LogP contribution in [-0.4, -0.2) is 30.4 Å². The van der Waals surface area contributed by atoms with Crippen LogP contribution in [0.15, 0.2) is 24.3 Å². The van der Waals surface area contributed by atoms with Crippen molar-refractivity contribution in [3.63, 3.8) is 0 Å². The van der Waals surface area contributed by atoms with Gasteiger partial charge in [-0.05, 0) is 24.7 Å². The molecule has 0 atom stereocenters. The van der Waals surface area contributed by atoms with Crippen molar-refractivity contribution in [2.45, 2.75) is 13.3 Å². The molecule has 96 valence electrons. The number of likely N-dealkylation sites (N-methyl/N-ethyl adjacent to an activating group) is 1. The lowest BCUT2D eigenvalue weighted by Crippen LogP contribution is -2.33. The van der Waals surface area contributed by atoms with Crippen LogP contribution in [0.5, 0.6) is 0 Å². The first-order valence-electron chi connectivity index (χ1n) is 5.80. The average molecular weight is 249 g/mol. The summed E-state index contributed by atoms with van der Waals surface area (Å²) >= 11 is 0. The molecule has 1 aromatic rings. The molecule has 0 saturated heterocycles. The molecular formula is C13H16FN3O. The van der Waals surface area contributed by atoms with Gasteiger partial charge in [0.15, 0.2) is 0 Å². The fraction of sp³-hybridized carbons (Fsp3) is 0.385. The molecule has 0 aliphatic heterocycles. The van der Waals surface area contributed by atoms with Gasteiger partial charge in [-0.1, -0.05) is 13.0 Å². The molecule has 0 spiro atoms. The van der Waals surface area contributed by atoms with Crippen LogP contribution in [0.1, 0.15) is 13.3 Å². The van der Waals surface area contributed by atoms with Gasteiger partial charge in [-0.15, -0.1) is 0 Å². The SMILES string of the molecule is CCN(CCC#N)CC(=O)Nc1cccc(F)c1. The van der Waals surface area contributed by atoms with Gasteiger partial charge in [-0.2, -0.15) is 5.26 Å². The number of nitrogens with one attached hydrogen (secondary N) is 1. The number of carbonyl (C=O) groups is 1. The van der Waals surface area contributed by atoms with E-state index in [2.05, 4.69) is 5.32 Å². The van der Waals surface area contributed by atoms with E-state index >= 15 is 0 Å². The molecule has 0 aromatic heterocycles. The molecule has 0 radical (unpaired) electrons. The summed E-state index contributed by atoms with van der Waals surface area (Å²) in [7, 11) is 0. The molecule has 1 rings (SSSR count). The highest BCUT2D eigenvalue weighted by molar-refractivity contribution is 5.92. The van der Waals surface area contributed by atoms with Gasteiger partial charge >= 0.3 is 0 Å². The maximum Gasteiger partial charge on any atom is 0.238 e.